The maximum Gasteiger partial charge on any atom is 0.416 e. The molecule has 0 saturated carbocycles. The van der Waals surface area contributed by atoms with Crippen LogP contribution in [0, 0.1) is 55.0 Å². The van der Waals surface area contributed by atoms with Crippen molar-refractivity contribution in [2.24, 2.45) is 0 Å². The molecule has 5 nitrogen and oxygen atoms in total. The zero-order chi connectivity index (χ0) is 58.8. The molecule has 3 aromatic heterocycles. The minimum Gasteiger partial charge on any atom is -0.308 e. The van der Waals surface area contributed by atoms with E-state index in [0.29, 0.717) is 117 Å². The van der Waals surface area contributed by atoms with E-state index in [1.807, 2.05) is 73.2 Å². The maximum absolute atomic E-state index is 14.4. The highest BCUT2D eigenvalue weighted by molar-refractivity contribution is 6.14. The van der Waals surface area contributed by atoms with Crippen LogP contribution in [0.2, 0.25) is 0 Å². The third kappa shape index (κ3) is 9.94. The van der Waals surface area contributed by atoms with E-state index in [0.717, 1.165) is 64.0 Å². The summed E-state index contributed by atoms with van der Waals surface area (Å²) in [5, 5.41) is 2.57. The summed E-state index contributed by atoms with van der Waals surface area (Å²) in [6.45, 7) is 21.2. The van der Waals surface area contributed by atoms with Gasteiger partial charge in [0.05, 0.1) is 56.7 Å². The van der Waals surface area contributed by atoms with Crippen LogP contribution in [0.4, 0.5) is 45.2 Å². The molecule has 83 heavy (non-hydrogen) atoms. The third-order valence-electron chi connectivity index (χ3n) is 15.2. The number of aryl methyl sites for hydroxylation is 7. The van der Waals surface area contributed by atoms with Crippen LogP contribution in [0.1, 0.15) is 55.9 Å². The van der Waals surface area contributed by atoms with Gasteiger partial charge in [0.1, 0.15) is 5.82 Å². The molecule has 3 heterocycles. The number of hydrogen-bond acceptors (Lipinski definition) is 2. The predicted molar refractivity (Wildman–Crippen MR) is 312 cm³/mol. The van der Waals surface area contributed by atoms with Crippen LogP contribution >= 0.6 is 0 Å². The van der Waals surface area contributed by atoms with Gasteiger partial charge in [-0.3, -0.25) is 0 Å². The van der Waals surface area contributed by atoms with E-state index in [-0.39, 0.29) is 11.5 Å². The molecule has 0 saturated heterocycles. The fourth-order valence-electron chi connectivity index (χ4n) is 11.8. The summed E-state index contributed by atoms with van der Waals surface area (Å²) in [6, 6.07) is 45.5. The summed E-state index contributed by atoms with van der Waals surface area (Å²) < 4.78 is 134. The van der Waals surface area contributed by atoms with Crippen LogP contribution in [0.25, 0.3) is 116 Å². The van der Waals surface area contributed by atoms with E-state index in [1.54, 1.807) is 87.5 Å². The summed E-state index contributed by atoms with van der Waals surface area (Å²) in [5.74, 6) is 0.271. The summed E-state index contributed by atoms with van der Waals surface area (Å²) >= 11 is 0. The molecule has 9 aromatic carbocycles. The third-order valence-corrected chi connectivity index (χ3v) is 15.2. The molecular formula is C69H48F9N5. The monoisotopic (exact) mass is 1120 g/mol. The Morgan fingerprint density at radius 1 is 0.337 bits per heavy atom. The molecule has 0 spiro atoms. The molecule has 0 radical (unpaired) electrons. The Labute approximate surface area is 471 Å². The summed E-state index contributed by atoms with van der Waals surface area (Å²) in [6.07, 6.45) is -13.9. The molecule has 0 atom stereocenters. The summed E-state index contributed by atoms with van der Waals surface area (Å²) in [4.78, 5) is 13.7. The van der Waals surface area contributed by atoms with Gasteiger partial charge in [0.25, 0.3) is 0 Å². The van der Waals surface area contributed by atoms with Crippen LogP contribution < -0.4 is 0 Å². The molecule has 0 aliphatic heterocycles. The van der Waals surface area contributed by atoms with Gasteiger partial charge in [-0.25, -0.2) is 14.8 Å². The smallest absolute Gasteiger partial charge is 0.308 e. The average Bonchev–Trinajstić information content (AvgIpc) is 3.26. The van der Waals surface area contributed by atoms with Crippen molar-refractivity contribution >= 4 is 49.3 Å². The molecule has 0 aliphatic carbocycles. The molecule has 0 bridgehead atoms. The van der Waals surface area contributed by atoms with Gasteiger partial charge in [-0.2, -0.15) is 39.5 Å². The van der Waals surface area contributed by atoms with E-state index < -0.39 is 35.2 Å². The topological polar surface area (TPSA) is 40.0 Å². The predicted octanol–water partition coefficient (Wildman–Crippen LogP) is 20.8. The van der Waals surface area contributed by atoms with Crippen LogP contribution in [-0.4, -0.2) is 19.1 Å². The summed E-state index contributed by atoms with van der Waals surface area (Å²) in [5.41, 5.74) is 10.4. The molecule has 14 heteroatoms. The molecular weight excluding hydrogens is 1070 g/mol. The zero-order valence-electron chi connectivity index (χ0n) is 45.7. The van der Waals surface area contributed by atoms with E-state index in [4.69, 9.17) is 16.5 Å². The largest absolute Gasteiger partial charge is 0.416 e. The van der Waals surface area contributed by atoms with Crippen LogP contribution in [0.15, 0.2) is 164 Å². The Hall–Kier alpha value is -9.48. The van der Waals surface area contributed by atoms with E-state index in [1.165, 1.54) is 0 Å². The quantitative estimate of drug-likeness (QED) is 0.118. The van der Waals surface area contributed by atoms with Gasteiger partial charge in [-0.1, -0.05) is 71.8 Å². The molecule has 12 rings (SSSR count). The van der Waals surface area contributed by atoms with Crippen LogP contribution in [-0.2, 0) is 18.5 Å². The van der Waals surface area contributed by atoms with Gasteiger partial charge in [-0.15, -0.1) is 0 Å². The first-order chi connectivity index (χ1) is 39.3. The Bertz CT molecular complexity index is 4580. The van der Waals surface area contributed by atoms with E-state index in [9.17, 15) is 39.5 Å². The van der Waals surface area contributed by atoms with Crippen molar-refractivity contribution in [1.29, 1.82) is 0 Å². The standard InChI is InChI=1S/C69H48F9N5/c1-36-17-37(2)19-47(18-36)43-9-13-62-54(30-43)57-33-46(50-22-40(5)25-53(29-50)69(76,77)78)12-16-63(57)83(62)65-35-59(79-8)58(66-80-41(6)26-42(7)81-66)34-64(65)82-60-14-10-44(48-20-38(3)23-51(27-48)67(70,71)72)31-55(60)56-32-45(11-15-61(56)82)49-21-39(4)24-52(28-49)68(73,74)75/h9-35H,1-7H3. The number of fused-ring (bicyclic) bond motifs is 6. The minimum atomic E-state index is -4.64. The molecule has 0 amide bonds. The first kappa shape index (κ1) is 54.1. The van der Waals surface area contributed by atoms with Gasteiger partial charge in [0.15, 0.2) is 5.69 Å². The SMILES string of the molecule is [C-]#[N+]c1cc(-n2c3ccc(-c4cc(C)cc(C)c4)cc3c3cc(-c4cc(C)cc(C(F)(F)F)c4)ccc32)c(-n2c3ccc(-c4cc(C)cc(C(F)(F)F)c4)cc3c3cc(-c4cc(C)cc(C(F)(F)F)c4)ccc32)cc1-c1nc(C)cc(C)n1. The van der Waals surface area contributed by atoms with Crippen molar-refractivity contribution < 1.29 is 39.5 Å². The number of benzene rings is 9. The van der Waals surface area contributed by atoms with Crippen molar-refractivity contribution in [2.75, 3.05) is 0 Å². The number of aromatic nitrogens is 4. The van der Waals surface area contributed by atoms with Crippen LogP contribution in [0.5, 0.6) is 0 Å². The molecule has 12 aromatic rings. The zero-order valence-corrected chi connectivity index (χ0v) is 45.7. The average molecular weight is 1120 g/mol. The number of halogens is 9. The fraction of sp³-hybridized carbons (Fsp3) is 0.145. The number of hydrogen-bond donors (Lipinski definition) is 0. The normalized spacial score (nSPS) is 12.3. The lowest BCUT2D eigenvalue weighted by Gasteiger charge is -2.20. The van der Waals surface area contributed by atoms with E-state index in [2.05, 4.69) is 29.1 Å². The number of alkyl halides is 9. The van der Waals surface area contributed by atoms with Gasteiger partial charge in [0.2, 0.25) is 0 Å². The van der Waals surface area contributed by atoms with Crippen molar-refractivity contribution in [3.05, 3.63) is 231 Å². The van der Waals surface area contributed by atoms with Crippen molar-refractivity contribution in [2.45, 2.75) is 67.0 Å². The van der Waals surface area contributed by atoms with Crippen LogP contribution in [0.3, 0.4) is 0 Å². The lowest BCUT2D eigenvalue weighted by atomic mass is 9.96. The highest BCUT2D eigenvalue weighted by Crippen LogP contribution is 2.47. The molecule has 0 N–H and O–H groups in total. The summed E-state index contributed by atoms with van der Waals surface area (Å²) in [7, 11) is 0. The van der Waals surface area contributed by atoms with Crippen molar-refractivity contribution in [1.82, 2.24) is 19.1 Å². The Kier molecular flexibility index (Phi) is 12.8. The fourth-order valence-corrected chi connectivity index (χ4v) is 11.8. The van der Waals surface area contributed by atoms with E-state index >= 15 is 0 Å². The molecule has 0 fully saturated rings. The van der Waals surface area contributed by atoms with Gasteiger partial charge in [0, 0.05) is 38.5 Å². The second-order valence-electron chi connectivity index (χ2n) is 21.7. The van der Waals surface area contributed by atoms with Gasteiger partial charge < -0.3 is 9.13 Å². The lowest BCUT2D eigenvalue weighted by Crippen LogP contribution is -2.06. The van der Waals surface area contributed by atoms with Crippen molar-refractivity contribution in [3.8, 4) is 67.3 Å². The highest BCUT2D eigenvalue weighted by atomic mass is 19.4. The highest BCUT2D eigenvalue weighted by Gasteiger charge is 2.34. The Morgan fingerprint density at radius 3 is 0.952 bits per heavy atom. The Morgan fingerprint density at radius 2 is 0.639 bits per heavy atom. The Balaban J connectivity index is 1.21. The first-order valence-corrected chi connectivity index (χ1v) is 26.5. The maximum atomic E-state index is 14.4. The second kappa shape index (κ2) is 19.6. The molecule has 412 valence electrons. The molecule has 0 unspecified atom stereocenters. The minimum absolute atomic E-state index is 0.192. The van der Waals surface area contributed by atoms with Gasteiger partial charge >= 0.3 is 18.5 Å². The molecule has 0 aliphatic rings. The van der Waals surface area contributed by atoms with Gasteiger partial charge in [-0.05, 0) is 213 Å². The first-order valence-electron chi connectivity index (χ1n) is 26.5. The number of rotatable bonds is 7. The van der Waals surface area contributed by atoms with Crippen molar-refractivity contribution in [3.63, 3.8) is 0 Å². The second-order valence-corrected chi connectivity index (χ2v) is 21.7. The lowest BCUT2D eigenvalue weighted by molar-refractivity contribution is -0.138. The number of nitrogens with zero attached hydrogens (tertiary/aromatic N) is 5.